The number of cyclic esters (lactones) is 1. The molecule has 1 aromatic heterocycles. The van der Waals surface area contributed by atoms with Crippen molar-refractivity contribution in [3.05, 3.63) is 35.5 Å². The number of hydrogen-bond donors (Lipinski definition) is 3. The lowest BCUT2D eigenvalue weighted by atomic mass is 9.93. The first-order valence-electron chi connectivity index (χ1n) is 15.1. The molecule has 0 bridgehead atoms. The zero-order valence-corrected chi connectivity index (χ0v) is 26.2. The van der Waals surface area contributed by atoms with Crippen LogP contribution in [0.15, 0.2) is 35.2 Å². The van der Waals surface area contributed by atoms with Crippen molar-refractivity contribution in [2.75, 3.05) is 55.7 Å². The molecule has 4 heterocycles. The monoisotopic (exact) mass is 664 g/mol. The van der Waals surface area contributed by atoms with Crippen molar-refractivity contribution in [3.63, 3.8) is 0 Å². The number of halogens is 1. The van der Waals surface area contributed by atoms with E-state index in [2.05, 4.69) is 10.3 Å². The third kappa shape index (κ3) is 6.63. The number of aliphatic hydroxyl groups is 1. The maximum atomic E-state index is 13.6. The quantitative estimate of drug-likeness (QED) is 0.331. The number of aliphatic hydroxyl groups excluding tert-OH is 1. The van der Waals surface area contributed by atoms with E-state index in [1.54, 1.807) is 6.07 Å². The number of rotatable bonds is 9. The van der Waals surface area contributed by atoms with Crippen LogP contribution < -0.4 is 30.3 Å². The van der Waals surface area contributed by atoms with Crippen LogP contribution in [0, 0.1) is 0 Å². The smallest absolute Gasteiger partial charge is 0.415 e. The number of carbonyl (C=O) groups excluding carboxylic acids is 2. The van der Waals surface area contributed by atoms with Gasteiger partial charge in [0.25, 0.3) is 0 Å². The van der Waals surface area contributed by atoms with Crippen molar-refractivity contribution in [1.82, 2.24) is 14.6 Å². The molecule has 2 saturated heterocycles. The highest BCUT2D eigenvalue weighted by Gasteiger charge is 2.46. The van der Waals surface area contributed by atoms with Gasteiger partial charge in [0.2, 0.25) is 15.9 Å². The number of sulfonamides is 1. The fraction of sp³-hybridized carbons (Fsp3) is 0.552. The lowest BCUT2D eigenvalue weighted by Crippen LogP contribution is -2.49. The van der Waals surface area contributed by atoms with E-state index in [9.17, 15) is 23.1 Å². The molecular weight excluding hydrogens is 628 g/mol. The summed E-state index contributed by atoms with van der Waals surface area (Å²) in [6.07, 6.45) is 2.21. The van der Waals surface area contributed by atoms with Crippen LogP contribution in [-0.4, -0.2) is 105 Å². The fourth-order valence-electron chi connectivity index (χ4n) is 6.27. The SMILES string of the molecule is NCCC(=O)NC1CCC(Oc2cc(Cl)nc(N3CCN(S(=O)(=O)c4ccc5c(c4)OC[C@H]4[C@H](CO)OC(=O)N54)CC3)c2)CC1. The Labute approximate surface area is 266 Å². The van der Waals surface area contributed by atoms with E-state index >= 15 is 0 Å². The van der Waals surface area contributed by atoms with Gasteiger partial charge in [-0.2, -0.15) is 4.31 Å². The third-order valence-corrected chi connectivity index (χ3v) is 10.7. The molecule has 244 valence electrons. The number of hydrogen-bond acceptors (Lipinski definition) is 11. The van der Waals surface area contributed by atoms with Gasteiger partial charge in [-0.3, -0.25) is 9.69 Å². The van der Waals surface area contributed by atoms with Gasteiger partial charge in [0.1, 0.15) is 35.1 Å². The number of nitrogens with two attached hydrogens (primary N) is 1. The van der Waals surface area contributed by atoms with Crippen molar-refractivity contribution in [3.8, 4) is 11.5 Å². The second-order valence-electron chi connectivity index (χ2n) is 11.6. The van der Waals surface area contributed by atoms with Crippen molar-refractivity contribution >= 4 is 45.1 Å². The molecule has 4 N–H and O–H groups in total. The minimum Gasteiger partial charge on any atom is -0.490 e. The molecule has 3 aliphatic heterocycles. The second kappa shape index (κ2) is 13.2. The van der Waals surface area contributed by atoms with Gasteiger partial charge in [-0.15, -0.1) is 0 Å². The summed E-state index contributed by atoms with van der Waals surface area (Å²) in [5.41, 5.74) is 5.87. The summed E-state index contributed by atoms with van der Waals surface area (Å²) in [6, 6.07) is 7.56. The lowest BCUT2D eigenvalue weighted by molar-refractivity contribution is -0.121. The minimum absolute atomic E-state index is 0.0142. The van der Waals surface area contributed by atoms with Crippen LogP contribution >= 0.6 is 11.6 Å². The van der Waals surface area contributed by atoms with E-state index in [-0.39, 0.29) is 60.2 Å². The zero-order valence-electron chi connectivity index (χ0n) is 24.6. The van der Waals surface area contributed by atoms with Crippen LogP contribution in [0.5, 0.6) is 11.5 Å². The molecule has 6 rings (SSSR count). The van der Waals surface area contributed by atoms with Gasteiger partial charge in [-0.25, -0.2) is 18.2 Å². The van der Waals surface area contributed by atoms with Gasteiger partial charge in [-0.1, -0.05) is 11.6 Å². The van der Waals surface area contributed by atoms with Crippen LogP contribution in [0.3, 0.4) is 0 Å². The maximum absolute atomic E-state index is 13.6. The summed E-state index contributed by atoms with van der Waals surface area (Å²) >= 11 is 6.36. The zero-order chi connectivity index (χ0) is 31.7. The van der Waals surface area contributed by atoms with Gasteiger partial charge in [0, 0.05) is 63.4 Å². The van der Waals surface area contributed by atoms with E-state index in [4.69, 9.17) is 31.5 Å². The molecule has 45 heavy (non-hydrogen) atoms. The molecule has 4 aliphatic rings. The summed E-state index contributed by atoms with van der Waals surface area (Å²) in [7, 11) is -3.85. The van der Waals surface area contributed by atoms with Gasteiger partial charge < -0.3 is 35.3 Å². The molecule has 1 saturated carbocycles. The predicted molar refractivity (Wildman–Crippen MR) is 164 cm³/mol. The Balaban J connectivity index is 1.06. The van der Waals surface area contributed by atoms with E-state index in [0.717, 1.165) is 25.7 Å². The average molecular weight is 665 g/mol. The average Bonchev–Trinajstić information content (AvgIpc) is 3.37. The normalized spacial score (nSPS) is 25.2. The first-order valence-corrected chi connectivity index (χ1v) is 16.9. The summed E-state index contributed by atoms with van der Waals surface area (Å²) in [4.78, 5) is 32.1. The van der Waals surface area contributed by atoms with Crippen molar-refractivity contribution in [1.29, 1.82) is 0 Å². The van der Waals surface area contributed by atoms with Crippen molar-refractivity contribution < 1.29 is 37.3 Å². The Bertz CT molecular complexity index is 1530. The van der Waals surface area contributed by atoms with Gasteiger partial charge in [0.15, 0.2) is 6.10 Å². The summed E-state index contributed by atoms with van der Waals surface area (Å²) in [6.45, 7) is 1.32. The molecule has 0 spiro atoms. The number of pyridine rings is 1. The number of anilines is 2. The van der Waals surface area contributed by atoms with Crippen molar-refractivity contribution in [2.45, 2.75) is 61.3 Å². The Kier molecular flexibility index (Phi) is 9.24. The topological polar surface area (TPSA) is 177 Å². The number of amides is 2. The highest BCUT2D eigenvalue weighted by molar-refractivity contribution is 7.89. The molecule has 2 atom stereocenters. The van der Waals surface area contributed by atoms with E-state index in [1.165, 1.54) is 27.4 Å². The van der Waals surface area contributed by atoms with Gasteiger partial charge in [0.05, 0.1) is 23.3 Å². The lowest BCUT2D eigenvalue weighted by Gasteiger charge is -2.35. The predicted octanol–water partition coefficient (Wildman–Crippen LogP) is 1.48. The fourth-order valence-corrected chi connectivity index (χ4v) is 7.91. The number of piperazine rings is 1. The molecule has 3 fully saturated rings. The van der Waals surface area contributed by atoms with Gasteiger partial charge >= 0.3 is 6.09 Å². The highest BCUT2D eigenvalue weighted by atomic mass is 35.5. The number of benzene rings is 1. The first-order chi connectivity index (χ1) is 21.7. The summed E-state index contributed by atoms with van der Waals surface area (Å²) < 4.78 is 45.8. The molecule has 0 radical (unpaired) electrons. The number of ether oxygens (including phenoxy) is 3. The number of carbonyl (C=O) groups is 2. The third-order valence-electron chi connectivity index (χ3n) is 8.66. The van der Waals surface area contributed by atoms with E-state index in [1.807, 2.05) is 11.0 Å². The number of nitrogens with zero attached hydrogens (tertiary/aromatic N) is 4. The molecule has 2 aromatic rings. The van der Waals surface area contributed by atoms with Crippen LogP contribution in [0.25, 0.3) is 0 Å². The Hall–Kier alpha value is -3.37. The van der Waals surface area contributed by atoms with Crippen LogP contribution in [0.4, 0.5) is 16.3 Å². The molecule has 16 heteroatoms. The summed E-state index contributed by atoms with van der Waals surface area (Å²) in [5, 5.41) is 12.8. The number of fused-ring (bicyclic) bond motifs is 3. The van der Waals surface area contributed by atoms with Crippen molar-refractivity contribution in [2.24, 2.45) is 5.73 Å². The standard InChI is InChI=1S/C29H37ClN6O8S/c30-26-13-20(43-19-3-1-18(2-4-19)32-28(38)7-8-31)14-27(33-26)34-9-11-35(12-10-34)45(40,41)21-5-6-22-24(15-21)42-17-23-25(16-37)44-29(39)36(22)23/h5-6,13-15,18-19,23,25,37H,1-4,7-12,16-17,31H2,(H,32,38)/t18?,19?,23-,25-/m0/s1. The molecule has 1 aliphatic carbocycles. The largest absolute Gasteiger partial charge is 0.490 e. The van der Waals surface area contributed by atoms with E-state index < -0.39 is 28.3 Å². The molecule has 0 unspecified atom stereocenters. The highest BCUT2D eigenvalue weighted by Crippen LogP contribution is 2.40. The maximum Gasteiger partial charge on any atom is 0.415 e. The molecule has 1 aromatic carbocycles. The minimum atomic E-state index is -3.85. The Morgan fingerprint density at radius 1 is 1.13 bits per heavy atom. The molecule has 2 amide bonds. The first kappa shape index (κ1) is 31.6. The number of nitrogens with one attached hydrogen (secondary N) is 1. The summed E-state index contributed by atoms with van der Waals surface area (Å²) in [5.74, 6) is 1.44. The second-order valence-corrected chi connectivity index (χ2v) is 13.9. The van der Waals surface area contributed by atoms with Crippen LogP contribution in [0.1, 0.15) is 32.1 Å². The van der Waals surface area contributed by atoms with Gasteiger partial charge in [-0.05, 0) is 37.8 Å². The van der Waals surface area contributed by atoms with E-state index in [0.29, 0.717) is 43.3 Å². The number of aromatic nitrogens is 1. The molecular formula is C29H37ClN6O8S. The molecule has 14 nitrogen and oxygen atoms in total. The van der Waals surface area contributed by atoms with Crippen LogP contribution in [0.2, 0.25) is 5.15 Å². The Morgan fingerprint density at radius 3 is 2.60 bits per heavy atom. The van der Waals surface area contributed by atoms with Crippen LogP contribution in [-0.2, 0) is 19.6 Å². The Morgan fingerprint density at radius 2 is 1.89 bits per heavy atom.